The monoisotopic (exact) mass is 449 g/mol. The SMILES string of the molecule is CNc1ccc(C(=O)NC2C(C)(C)[C@@H]3CC[C@@]2(C)C3)cc1S(=O)(=O)N1CCCC(O)C1. The van der Waals surface area contributed by atoms with Crippen molar-refractivity contribution in [2.45, 2.75) is 69.9 Å². The fraction of sp³-hybridized carbons (Fsp3) is 0.696. The number of aliphatic hydroxyl groups excluding tert-OH is 1. The molecule has 3 aliphatic rings. The Labute approximate surface area is 185 Å². The number of sulfonamides is 1. The van der Waals surface area contributed by atoms with E-state index in [-0.39, 0.29) is 34.2 Å². The van der Waals surface area contributed by atoms with E-state index in [9.17, 15) is 18.3 Å². The molecule has 1 saturated heterocycles. The molecule has 1 aliphatic heterocycles. The zero-order chi connectivity index (χ0) is 22.6. The Balaban J connectivity index is 1.62. The van der Waals surface area contributed by atoms with Gasteiger partial charge in [-0.15, -0.1) is 0 Å². The Kier molecular flexibility index (Phi) is 5.63. The van der Waals surface area contributed by atoms with Crippen LogP contribution in [0.2, 0.25) is 0 Å². The van der Waals surface area contributed by atoms with Gasteiger partial charge in [-0.3, -0.25) is 4.79 Å². The number of benzene rings is 1. The fourth-order valence-electron chi connectivity index (χ4n) is 6.24. The zero-order valence-corrected chi connectivity index (χ0v) is 19.8. The molecule has 3 N–H and O–H groups in total. The highest BCUT2D eigenvalue weighted by molar-refractivity contribution is 7.89. The molecule has 1 aromatic rings. The van der Waals surface area contributed by atoms with Gasteiger partial charge in [0.2, 0.25) is 10.0 Å². The highest BCUT2D eigenvalue weighted by Gasteiger charge is 2.59. The van der Waals surface area contributed by atoms with E-state index in [0.717, 1.165) is 12.8 Å². The standard InChI is InChI=1S/C23H35N3O4S/c1-22(2)16-9-10-23(3,13-16)21(22)25-20(28)15-7-8-18(24-4)19(12-15)31(29,30)26-11-5-6-17(27)14-26/h7-8,12,16-17,21,24,27H,5-6,9-11,13-14H2,1-4H3,(H,25,28)/t16-,17?,21?,23+/m1/s1. The molecule has 0 aromatic heterocycles. The van der Waals surface area contributed by atoms with Gasteiger partial charge in [-0.05, 0) is 67.1 Å². The third-order valence-electron chi connectivity index (χ3n) is 8.04. The normalized spacial score (nSPS) is 32.7. The van der Waals surface area contributed by atoms with E-state index in [2.05, 4.69) is 31.4 Å². The Hall–Kier alpha value is -1.64. The van der Waals surface area contributed by atoms with Crippen LogP contribution in [0.3, 0.4) is 0 Å². The zero-order valence-electron chi connectivity index (χ0n) is 18.9. The van der Waals surface area contributed by atoms with Gasteiger partial charge in [0.05, 0.1) is 11.8 Å². The first-order valence-electron chi connectivity index (χ1n) is 11.3. The second-order valence-electron chi connectivity index (χ2n) is 10.4. The van der Waals surface area contributed by atoms with E-state index in [1.165, 1.54) is 16.8 Å². The summed E-state index contributed by atoms with van der Waals surface area (Å²) in [6, 6.07) is 4.86. The van der Waals surface area contributed by atoms with E-state index in [1.807, 2.05) is 0 Å². The van der Waals surface area contributed by atoms with Crippen LogP contribution in [0.1, 0.15) is 63.2 Å². The van der Waals surface area contributed by atoms with Gasteiger partial charge < -0.3 is 15.7 Å². The van der Waals surface area contributed by atoms with Gasteiger partial charge in [-0.2, -0.15) is 4.31 Å². The number of nitrogens with zero attached hydrogens (tertiary/aromatic N) is 1. The van der Waals surface area contributed by atoms with Crippen molar-refractivity contribution in [3.8, 4) is 0 Å². The second-order valence-corrected chi connectivity index (χ2v) is 12.3. The first-order valence-corrected chi connectivity index (χ1v) is 12.7. The largest absolute Gasteiger partial charge is 0.392 e. The van der Waals surface area contributed by atoms with Crippen molar-refractivity contribution < 1.29 is 18.3 Å². The summed E-state index contributed by atoms with van der Waals surface area (Å²) >= 11 is 0. The Bertz CT molecular complexity index is 972. The van der Waals surface area contributed by atoms with Crippen LogP contribution >= 0.6 is 0 Å². The van der Waals surface area contributed by atoms with Gasteiger partial charge in [0, 0.05) is 31.7 Å². The number of amides is 1. The van der Waals surface area contributed by atoms with Crippen molar-refractivity contribution in [3.63, 3.8) is 0 Å². The third-order valence-corrected chi connectivity index (χ3v) is 9.94. The van der Waals surface area contributed by atoms with Gasteiger partial charge in [0.25, 0.3) is 5.91 Å². The Morgan fingerprint density at radius 1 is 1.23 bits per heavy atom. The maximum Gasteiger partial charge on any atom is 0.251 e. The number of carbonyl (C=O) groups excluding carboxylic acids is 1. The van der Waals surface area contributed by atoms with Crippen LogP contribution in [-0.2, 0) is 10.0 Å². The summed E-state index contributed by atoms with van der Waals surface area (Å²) in [7, 11) is -2.17. The summed E-state index contributed by atoms with van der Waals surface area (Å²) in [5.74, 6) is 0.376. The number of nitrogens with one attached hydrogen (secondary N) is 2. The molecule has 7 nitrogen and oxygen atoms in total. The minimum absolute atomic E-state index is 0.0203. The molecule has 0 radical (unpaired) electrons. The molecule has 8 heteroatoms. The lowest BCUT2D eigenvalue weighted by Crippen LogP contribution is -2.52. The van der Waals surface area contributed by atoms with Gasteiger partial charge in [0.15, 0.2) is 0 Å². The number of aliphatic hydroxyl groups is 1. The number of piperidine rings is 1. The second kappa shape index (κ2) is 7.74. The average Bonchev–Trinajstić information content (AvgIpc) is 3.21. The Morgan fingerprint density at radius 2 is 1.97 bits per heavy atom. The lowest BCUT2D eigenvalue weighted by molar-refractivity contribution is 0.0737. The van der Waals surface area contributed by atoms with Crippen molar-refractivity contribution in [3.05, 3.63) is 23.8 Å². The van der Waals surface area contributed by atoms with E-state index < -0.39 is 16.1 Å². The highest BCUT2D eigenvalue weighted by atomic mass is 32.2. The van der Waals surface area contributed by atoms with Crippen LogP contribution < -0.4 is 10.6 Å². The maximum absolute atomic E-state index is 13.3. The van der Waals surface area contributed by atoms with Crippen molar-refractivity contribution in [1.29, 1.82) is 0 Å². The molecular weight excluding hydrogens is 414 g/mol. The molecule has 172 valence electrons. The summed E-state index contributed by atoms with van der Waals surface area (Å²) in [4.78, 5) is 13.3. The third kappa shape index (κ3) is 3.76. The van der Waals surface area contributed by atoms with Crippen LogP contribution in [-0.4, -0.2) is 56.0 Å². The first kappa shape index (κ1) is 22.6. The summed E-state index contributed by atoms with van der Waals surface area (Å²) in [6.45, 7) is 7.17. The number of hydrogen-bond donors (Lipinski definition) is 3. The number of rotatable bonds is 5. The summed E-state index contributed by atoms with van der Waals surface area (Å²) in [5.41, 5.74) is 0.904. The Morgan fingerprint density at radius 3 is 2.58 bits per heavy atom. The summed E-state index contributed by atoms with van der Waals surface area (Å²) < 4.78 is 28.0. The van der Waals surface area contributed by atoms with Crippen LogP contribution in [0.4, 0.5) is 5.69 Å². The maximum atomic E-state index is 13.3. The van der Waals surface area contributed by atoms with E-state index in [1.54, 1.807) is 19.2 Å². The van der Waals surface area contributed by atoms with E-state index in [0.29, 0.717) is 36.6 Å². The van der Waals surface area contributed by atoms with E-state index >= 15 is 0 Å². The van der Waals surface area contributed by atoms with Gasteiger partial charge >= 0.3 is 0 Å². The number of fused-ring (bicyclic) bond motifs is 2. The van der Waals surface area contributed by atoms with Crippen molar-refractivity contribution in [2.24, 2.45) is 16.7 Å². The number of β-amino-alcohol motifs (C(OH)–C–C–N with tert-alkyl or cyclic N) is 1. The van der Waals surface area contributed by atoms with Gasteiger partial charge in [-0.25, -0.2) is 8.42 Å². The van der Waals surface area contributed by atoms with Crippen LogP contribution in [0.15, 0.2) is 23.1 Å². The van der Waals surface area contributed by atoms with Crippen LogP contribution in [0.5, 0.6) is 0 Å². The minimum Gasteiger partial charge on any atom is -0.392 e. The van der Waals surface area contributed by atoms with Crippen molar-refractivity contribution >= 4 is 21.6 Å². The van der Waals surface area contributed by atoms with Crippen molar-refractivity contribution in [1.82, 2.24) is 9.62 Å². The average molecular weight is 450 g/mol. The summed E-state index contributed by atoms with van der Waals surface area (Å²) in [6.07, 6.45) is 4.00. The van der Waals surface area contributed by atoms with Gasteiger partial charge in [0.1, 0.15) is 4.90 Å². The van der Waals surface area contributed by atoms with Crippen LogP contribution in [0, 0.1) is 16.7 Å². The minimum atomic E-state index is -3.83. The molecule has 3 fully saturated rings. The summed E-state index contributed by atoms with van der Waals surface area (Å²) in [5, 5.41) is 16.1. The van der Waals surface area contributed by atoms with Crippen molar-refractivity contribution in [2.75, 3.05) is 25.5 Å². The molecule has 4 rings (SSSR count). The number of anilines is 1. The molecule has 2 bridgehead atoms. The molecular formula is C23H35N3O4S. The lowest BCUT2D eigenvalue weighted by atomic mass is 9.68. The predicted molar refractivity (Wildman–Crippen MR) is 120 cm³/mol. The predicted octanol–water partition coefficient (Wildman–Crippen LogP) is 2.82. The number of carbonyl (C=O) groups is 1. The van der Waals surface area contributed by atoms with Crippen LogP contribution in [0.25, 0.3) is 0 Å². The van der Waals surface area contributed by atoms with E-state index in [4.69, 9.17) is 0 Å². The molecule has 1 aromatic carbocycles. The highest BCUT2D eigenvalue weighted by Crippen LogP contribution is 2.62. The molecule has 1 heterocycles. The molecule has 2 saturated carbocycles. The smallest absolute Gasteiger partial charge is 0.251 e. The quantitative estimate of drug-likeness (QED) is 0.642. The molecule has 2 aliphatic carbocycles. The molecule has 31 heavy (non-hydrogen) atoms. The topological polar surface area (TPSA) is 98.7 Å². The van der Waals surface area contributed by atoms with Gasteiger partial charge in [-0.1, -0.05) is 20.8 Å². The molecule has 0 spiro atoms. The molecule has 1 amide bonds. The first-order chi connectivity index (χ1) is 14.5. The number of hydrogen-bond acceptors (Lipinski definition) is 5. The lowest BCUT2D eigenvalue weighted by Gasteiger charge is -2.43. The molecule has 4 atom stereocenters. The molecule has 2 unspecified atom stereocenters. The fourth-order valence-corrected chi connectivity index (χ4v) is 7.98.